The number of allylic oxidation sites excluding steroid dienone is 1. The average Bonchev–Trinajstić information content (AvgIpc) is 3.15. The first-order valence-electron chi connectivity index (χ1n) is 7.95. The summed E-state index contributed by atoms with van der Waals surface area (Å²) in [6.07, 6.45) is 3.16. The summed E-state index contributed by atoms with van der Waals surface area (Å²) in [6.45, 7) is 0. The first-order chi connectivity index (χ1) is 13.7. The van der Waals surface area contributed by atoms with Crippen molar-refractivity contribution in [1.29, 1.82) is 0 Å². The zero-order valence-electron chi connectivity index (χ0n) is 14.8. The molecule has 16 nitrogen and oxygen atoms in total. The number of nitrogens with two attached hydrogens (primary N) is 1. The van der Waals surface area contributed by atoms with E-state index in [1.807, 2.05) is 0 Å². The van der Waals surface area contributed by atoms with Gasteiger partial charge in [-0.1, -0.05) is 11.1 Å². The summed E-state index contributed by atoms with van der Waals surface area (Å²) in [7, 11) is -15.9. The molecule has 0 aromatic carbocycles. The third-order valence-electron chi connectivity index (χ3n) is 3.78. The first kappa shape index (κ1) is 23.0. The molecule has 0 saturated heterocycles. The van der Waals surface area contributed by atoms with Gasteiger partial charge in [-0.05, 0) is 6.08 Å². The van der Waals surface area contributed by atoms with E-state index in [0.717, 1.165) is 0 Å². The number of aromatic amines is 2. The fourth-order valence-electron chi connectivity index (χ4n) is 2.74. The van der Waals surface area contributed by atoms with E-state index in [0.29, 0.717) is 0 Å². The first-order valence-corrected chi connectivity index (χ1v) is 12.7. The Labute approximate surface area is 166 Å². The molecule has 19 heteroatoms. The Balaban J connectivity index is 1.63. The van der Waals surface area contributed by atoms with Gasteiger partial charge in [0.05, 0.1) is 6.10 Å². The Kier molecular flexibility index (Phi) is 6.20. The maximum Gasteiger partial charge on any atom is 0.488 e. The minimum absolute atomic E-state index is 0.0834. The van der Waals surface area contributed by atoms with E-state index in [1.54, 1.807) is 10.6 Å². The molecule has 3 rings (SSSR count). The largest absolute Gasteiger partial charge is 0.488 e. The van der Waals surface area contributed by atoms with E-state index in [-0.39, 0.29) is 29.6 Å². The number of phosphoric acid groups is 2. The second-order valence-corrected chi connectivity index (χ2v) is 10.9. The highest BCUT2D eigenvalue weighted by Crippen LogP contribution is 2.66. The lowest BCUT2D eigenvalue weighted by atomic mass is 10.2. The number of fused-ring (bicyclic) bond motifs is 1. The molecule has 0 fully saturated rings. The molecule has 2 aromatic rings. The summed E-state index contributed by atoms with van der Waals surface area (Å²) >= 11 is 0. The molecular formula is C11H17N5O11P3+. The molecular weight excluding hydrogens is 471 g/mol. The molecule has 0 aliphatic heterocycles. The molecule has 2 heterocycles. The molecule has 0 spiro atoms. The van der Waals surface area contributed by atoms with Gasteiger partial charge in [0.1, 0.15) is 12.4 Å². The molecule has 0 bridgehead atoms. The predicted octanol–water partition coefficient (Wildman–Crippen LogP) is -0.624. The van der Waals surface area contributed by atoms with Gasteiger partial charge in [-0.2, -0.15) is 4.31 Å². The SMILES string of the molecule is Nc1nc2c([nH]c[n+]2[C@H]2C=C[C@@H](OCP(=O)(O)OP(=O)(O)OP(=O)(O)O)C2)c(=O)[nH]1. The van der Waals surface area contributed by atoms with Crippen molar-refractivity contribution in [3.8, 4) is 0 Å². The van der Waals surface area contributed by atoms with E-state index in [4.69, 9.17) is 25.2 Å². The number of nitrogens with one attached hydrogen (secondary N) is 2. The number of nitrogen functional groups attached to an aromatic ring is 1. The lowest BCUT2D eigenvalue weighted by molar-refractivity contribution is -0.689. The van der Waals surface area contributed by atoms with Crippen molar-refractivity contribution in [3.05, 3.63) is 28.8 Å². The fourth-order valence-corrected chi connectivity index (χ4v) is 6.07. The highest BCUT2D eigenvalue weighted by molar-refractivity contribution is 7.68. The van der Waals surface area contributed by atoms with Gasteiger partial charge < -0.3 is 30.0 Å². The Morgan fingerprint density at radius 2 is 1.90 bits per heavy atom. The molecule has 4 atom stereocenters. The van der Waals surface area contributed by atoms with Crippen LogP contribution in [0.4, 0.5) is 5.95 Å². The van der Waals surface area contributed by atoms with Crippen LogP contribution in [0, 0.1) is 0 Å². The summed E-state index contributed by atoms with van der Waals surface area (Å²) in [5, 5.41) is 0. The maximum absolute atomic E-state index is 11.9. The summed E-state index contributed by atoms with van der Waals surface area (Å²) in [4.78, 5) is 56.8. The van der Waals surface area contributed by atoms with Gasteiger partial charge in [0.15, 0.2) is 6.33 Å². The van der Waals surface area contributed by atoms with Crippen LogP contribution in [0.15, 0.2) is 23.3 Å². The number of nitrogens with zero attached hydrogens (tertiary/aromatic N) is 2. The molecule has 30 heavy (non-hydrogen) atoms. The van der Waals surface area contributed by atoms with E-state index in [1.165, 1.54) is 12.4 Å². The van der Waals surface area contributed by atoms with Crippen LogP contribution in [0.3, 0.4) is 0 Å². The lowest BCUT2D eigenvalue weighted by Gasteiger charge is -2.18. The third kappa shape index (κ3) is 5.71. The second kappa shape index (κ2) is 8.09. The average molecular weight is 488 g/mol. The Morgan fingerprint density at radius 1 is 1.20 bits per heavy atom. The Bertz CT molecular complexity index is 1190. The standard InChI is InChI=1S/C11H16N5O11P3/c12-11-14-9-8(10(17)15-11)13-4-16(9)6-1-2-7(3-6)25-5-28(18,19)26-30(23,24)27-29(20,21)22/h1-2,4,6-7H,3,5H2,(H7,12,14,15,17,18,19,20,21,22,23,24)/p+1/t6-,7+/m0/s1. The van der Waals surface area contributed by atoms with Gasteiger partial charge in [0.25, 0.3) is 11.5 Å². The van der Waals surface area contributed by atoms with Gasteiger partial charge >= 0.3 is 28.9 Å². The Hall–Kier alpha value is -1.70. The van der Waals surface area contributed by atoms with Gasteiger partial charge in [-0.15, -0.1) is 0 Å². The van der Waals surface area contributed by atoms with Crippen molar-refractivity contribution in [1.82, 2.24) is 15.0 Å². The highest BCUT2D eigenvalue weighted by atomic mass is 31.3. The second-order valence-electron chi connectivity index (χ2n) is 6.11. The van der Waals surface area contributed by atoms with E-state index in [2.05, 4.69) is 23.6 Å². The molecule has 0 amide bonds. The van der Waals surface area contributed by atoms with Crippen molar-refractivity contribution in [3.63, 3.8) is 0 Å². The van der Waals surface area contributed by atoms with Crippen LogP contribution in [0.25, 0.3) is 11.2 Å². The van der Waals surface area contributed by atoms with Crippen LogP contribution in [-0.4, -0.2) is 47.0 Å². The van der Waals surface area contributed by atoms with Crippen molar-refractivity contribution < 1.29 is 51.2 Å². The summed E-state index contributed by atoms with van der Waals surface area (Å²) in [6, 6.07) is -0.363. The smallest absolute Gasteiger partial charge is 0.361 e. The number of aromatic nitrogens is 4. The molecule has 1 aliphatic rings. The van der Waals surface area contributed by atoms with Crippen molar-refractivity contribution >= 4 is 40.4 Å². The number of hydrogen-bond donors (Lipinski definition) is 7. The van der Waals surface area contributed by atoms with Crippen molar-refractivity contribution in [2.24, 2.45) is 0 Å². The number of anilines is 1. The number of imidazole rings is 1. The third-order valence-corrected chi connectivity index (χ3v) is 7.78. The zero-order chi connectivity index (χ0) is 22.3. The number of H-pyrrole nitrogens is 2. The number of hydrogen-bond acceptors (Lipinski definition) is 9. The highest BCUT2D eigenvalue weighted by Gasteiger charge is 2.40. The molecule has 2 aromatic heterocycles. The minimum atomic E-state index is -5.52. The number of rotatable bonds is 8. The molecule has 0 radical (unpaired) electrons. The van der Waals surface area contributed by atoms with E-state index in [9.17, 15) is 23.4 Å². The summed E-state index contributed by atoms with van der Waals surface area (Å²) in [5.41, 5.74) is 5.56. The van der Waals surface area contributed by atoms with Crippen LogP contribution < -0.4 is 15.9 Å². The van der Waals surface area contributed by atoms with E-state index < -0.39 is 41.3 Å². The quantitative estimate of drug-likeness (QED) is 0.139. The van der Waals surface area contributed by atoms with Crippen LogP contribution >= 0.6 is 23.2 Å². The van der Waals surface area contributed by atoms with Crippen LogP contribution in [0.2, 0.25) is 0 Å². The molecule has 1 aliphatic carbocycles. The monoisotopic (exact) mass is 488 g/mol. The van der Waals surface area contributed by atoms with Crippen LogP contribution in [0.1, 0.15) is 12.5 Å². The summed E-state index contributed by atoms with van der Waals surface area (Å²) < 4.78 is 48.0. The maximum atomic E-state index is 11.9. The van der Waals surface area contributed by atoms with Crippen LogP contribution in [-0.2, 0) is 27.1 Å². The lowest BCUT2D eigenvalue weighted by Crippen LogP contribution is -2.38. The topological polar surface area (TPSA) is 251 Å². The van der Waals surface area contributed by atoms with Gasteiger partial charge in [-0.25, -0.2) is 18.0 Å². The van der Waals surface area contributed by atoms with Gasteiger partial charge in [0.2, 0.25) is 5.52 Å². The fraction of sp³-hybridized carbons (Fsp3) is 0.364. The number of ether oxygens (including phenoxy) is 1. The minimum Gasteiger partial charge on any atom is -0.361 e. The van der Waals surface area contributed by atoms with Crippen molar-refractivity contribution in [2.75, 3.05) is 12.1 Å². The predicted molar refractivity (Wildman–Crippen MR) is 97.7 cm³/mol. The van der Waals surface area contributed by atoms with Crippen molar-refractivity contribution in [2.45, 2.75) is 18.6 Å². The van der Waals surface area contributed by atoms with E-state index >= 15 is 0 Å². The molecule has 166 valence electrons. The van der Waals surface area contributed by atoms with Crippen LogP contribution in [0.5, 0.6) is 0 Å². The normalized spacial score (nSPS) is 23.5. The molecule has 8 N–H and O–H groups in total. The molecule has 0 saturated carbocycles. The Morgan fingerprint density at radius 3 is 2.57 bits per heavy atom. The van der Waals surface area contributed by atoms with Gasteiger partial charge in [-0.3, -0.25) is 19.3 Å². The van der Waals surface area contributed by atoms with Gasteiger partial charge in [0, 0.05) is 6.42 Å². The summed E-state index contributed by atoms with van der Waals surface area (Å²) in [5.74, 6) is -0.0834. The molecule has 2 unspecified atom stereocenters. The zero-order valence-corrected chi connectivity index (χ0v) is 17.4.